The van der Waals surface area contributed by atoms with Crippen LogP contribution >= 0.6 is 0 Å². The summed E-state index contributed by atoms with van der Waals surface area (Å²) in [6.45, 7) is 4.04. The van der Waals surface area contributed by atoms with Crippen molar-refractivity contribution < 1.29 is 4.79 Å². The van der Waals surface area contributed by atoms with Crippen molar-refractivity contribution in [2.75, 3.05) is 5.32 Å². The predicted molar refractivity (Wildman–Crippen MR) is 79.2 cm³/mol. The van der Waals surface area contributed by atoms with Gasteiger partial charge >= 0.3 is 6.03 Å². The minimum absolute atomic E-state index is 0.179. The topological polar surface area (TPSA) is 41.1 Å². The van der Waals surface area contributed by atoms with Crippen LogP contribution in [-0.4, -0.2) is 6.03 Å². The van der Waals surface area contributed by atoms with Crippen LogP contribution in [0, 0.1) is 19.8 Å². The Morgan fingerprint density at radius 2 is 2.00 bits per heavy atom. The Morgan fingerprint density at radius 3 is 2.68 bits per heavy atom. The molecule has 2 amide bonds. The zero-order valence-corrected chi connectivity index (χ0v) is 11.7. The molecule has 0 aliphatic heterocycles. The summed E-state index contributed by atoms with van der Waals surface area (Å²) in [6, 6.07) is 5.81. The largest absolute Gasteiger partial charge is 0.323 e. The molecule has 0 radical (unpaired) electrons. The van der Waals surface area contributed by atoms with Gasteiger partial charge in [-0.2, -0.15) is 0 Å². The first kappa shape index (κ1) is 13.7. The summed E-state index contributed by atoms with van der Waals surface area (Å²) in [5, 5.41) is 5.63. The molecule has 0 atom stereocenters. The van der Waals surface area contributed by atoms with Gasteiger partial charge in [0.05, 0.1) is 0 Å². The second kappa shape index (κ2) is 6.41. The van der Waals surface area contributed by atoms with Crippen molar-refractivity contribution in [1.82, 2.24) is 5.32 Å². The van der Waals surface area contributed by atoms with Crippen LogP contribution in [0.5, 0.6) is 0 Å². The van der Waals surface area contributed by atoms with E-state index < -0.39 is 0 Å². The van der Waals surface area contributed by atoms with Crippen LogP contribution in [0.25, 0.3) is 0 Å². The van der Waals surface area contributed by atoms with E-state index in [1.807, 2.05) is 26.0 Å². The van der Waals surface area contributed by atoms with Gasteiger partial charge in [-0.25, -0.2) is 4.79 Å². The molecular weight excluding hydrogens is 236 g/mol. The first-order chi connectivity index (χ1) is 9.15. The van der Waals surface area contributed by atoms with Gasteiger partial charge in [0.2, 0.25) is 0 Å². The van der Waals surface area contributed by atoms with Crippen molar-refractivity contribution in [3.63, 3.8) is 0 Å². The average molecular weight is 258 g/mol. The van der Waals surface area contributed by atoms with Crippen LogP contribution in [0.4, 0.5) is 10.5 Å². The number of urea groups is 1. The smallest absolute Gasteiger partial charge is 0.315 e. The highest BCUT2D eigenvalue weighted by Crippen LogP contribution is 2.25. The quantitative estimate of drug-likeness (QED) is 0.841. The Kier molecular flexibility index (Phi) is 4.61. The number of carbonyl (C=O) groups is 1. The van der Waals surface area contributed by atoms with E-state index in [0.717, 1.165) is 11.3 Å². The van der Waals surface area contributed by atoms with Crippen LogP contribution in [0.2, 0.25) is 0 Å². The Morgan fingerprint density at radius 1 is 1.26 bits per heavy atom. The van der Waals surface area contributed by atoms with Crippen molar-refractivity contribution in [2.45, 2.75) is 39.5 Å². The van der Waals surface area contributed by atoms with Crippen molar-refractivity contribution in [3.8, 4) is 0 Å². The summed E-state index contributed by atoms with van der Waals surface area (Å²) < 4.78 is 0. The Hall–Kier alpha value is -1.77. The van der Waals surface area contributed by atoms with Gasteiger partial charge in [0.1, 0.15) is 0 Å². The molecule has 0 spiro atoms. The maximum atomic E-state index is 11.7. The number of rotatable bonds is 3. The summed E-state index contributed by atoms with van der Waals surface area (Å²) in [7, 11) is 0. The summed E-state index contributed by atoms with van der Waals surface area (Å²) in [6.07, 6.45) is 8.99. The molecule has 1 fully saturated rings. The molecule has 1 saturated carbocycles. The molecule has 1 aromatic rings. The summed E-state index contributed by atoms with van der Waals surface area (Å²) >= 11 is 0. The number of aryl methyl sites for hydroxylation is 2. The van der Waals surface area contributed by atoms with Gasteiger partial charge in [-0.3, -0.25) is 0 Å². The molecule has 102 valence electrons. The molecule has 2 rings (SSSR count). The average Bonchev–Trinajstić information content (AvgIpc) is 2.86. The number of benzene rings is 1. The van der Waals surface area contributed by atoms with E-state index in [0.29, 0.717) is 5.92 Å². The van der Waals surface area contributed by atoms with Gasteiger partial charge < -0.3 is 10.6 Å². The van der Waals surface area contributed by atoms with E-state index in [9.17, 15) is 4.79 Å². The zero-order valence-electron chi connectivity index (χ0n) is 11.7. The third-order valence-corrected chi connectivity index (χ3v) is 3.61. The molecule has 0 unspecified atom stereocenters. The molecule has 0 heterocycles. The molecule has 2 N–H and O–H groups in total. The summed E-state index contributed by atoms with van der Waals surface area (Å²) in [4.78, 5) is 11.7. The normalized spacial score (nSPS) is 15.9. The fourth-order valence-electron chi connectivity index (χ4n) is 2.52. The van der Waals surface area contributed by atoms with Crippen LogP contribution < -0.4 is 10.6 Å². The fourth-order valence-corrected chi connectivity index (χ4v) is 2.52. The number of anilines is 1. The summed E-state index contributed by atoms with van der Waals surface area (Å²) in [5.74, 6) is 0.640. The van der Waals surface area contributed by atoms with E-state index in [4.69, 9.17) is 0 Å². The predicted octanol–water partition coefficient (Wildman–Crippen LogP) is 4.13. The third-order valence-electron chi connectivity index (χ3n) is 3.61. The molecule has 1 aliphatic carbocycles. The van der Waals surface area contributed by atoms with E-state index in [-0.39, 0.29) is 6.03 Å². The van der Waals surface area contributed by atoms with Crippen molar-refractivity contribution in [2.24, 2.45) is 5.92 Å². The lowest BCUT2D eigenvalue weighted by Crippen LogP contribution is -2.24. The standard InChI is InChI=1S/C16H22N2O/c1-12-7-8-15(13(2)11-12)18-16(19)17-10-9-14-5-3-4-6-14/h7-11,14H,3-6H2,1-2H3,(H2,17,18,19)/b10-9+. The van der Waals surface area contributed by atoms with Crippen molar-refractivity contribution >= 4 is 11.7 Å². The van der Waals surface area contributed by atoms with Crippen LogP contribution in [0.15, 0.2) is 30.5 Å². The van der Waals surface area contributed by atoms with Gasteiger partial charge in [0.15, 0.2) is 0 Å². The van der Waals surface area contributed by atoms with E-state index in [1.54, 1.807) is 6.20 Å². The Bertz CT molecular complexity index is 474. The van der Waals surface area contributed by atoms with Gasteiger partial charge in [0, 0.05) is 11.9 Å². The molecule has 0 aromatic heterocycles. The fraction of sp³-hybridized carbons (Fsp3) is 0.438. The molecule has 1 aliphatic rings. The SMILES string of the molecule is Cc1ccc(NC(=O)N/C=C/C2CCCC2)c(C)c1. The molecule has 0 saturated heterocycles. The number of hydrogen-bond acceptors (Lipinski definition) is 1. The Labute approximate surface area is 115 Å². The molecular formula is C16H22N2O. The number of nitrogens with one attached hydrogen (secondary N) is 2. The van der Waals surface area contributed by atoms with E-state index >= 15 is 0 Å². The van der Waals surface area contributed by atoms with Gasteiger partial charge in [-0.1, -0.05) is 36.6 Å². The van der Waals surface area contributed by atoms with Crippen LogP contribution in [0.1, 0.15) is 36.8 Å². The molecule has 1 aromatic carbocycles. The molecule has 19 heavy (non-hydrogen) atoms. The Balaban J connectivity index is 1.83. The number of hydrogen-bond donors (Lipinski definition) is 2. The minimum atomic E-state index is -0.179. The minimum Gasteiger partial charge on any atom is -0.315 e. The van der Waals surface area contributed by atoms with E-state index in [1.165, 1.54) is 31.2 Å². The number of carbonyl (C=O) groups excluding carboxylic acids is 1. The summed E-state index contributed by atoms with van der Waals surface area (Å²) in [5.41, 5.74) is 3.14. The van der Waals surface area contributed by atoms with Crippen molar-refractivity contribution in [1.29, 1.82) is 0 Å². The first-order valence-electron chi connectivity index (χ1n) is 6.96. The van der Waals surface area contributed by atoms with Gasteiger partial charge in [0.25, 0.3) is 0 Å². The molecule has 3 nitrogen and oxygen atoms in total. The molecule has 3 heteroatoms. The number of amides is 2. The second-order valence-corrected chi connectivity index (χ2v) is 5.32. The third kappa shape index (κ3) is 4.12. The maximum Gasteiger partial charge on any atom is 0.323 e. The molecule has 0 bridgehead atoms. The lowest BCUT2D eigenvalue weighted by molar-refractivity contribution is 0.255. The lowest BCUT2D eigenvalue weighted by Gasteiger charge is -2.09. The number of allylic oxidation sites excluding steroid dienone is 1. The van der Waals surface area contributed by atoms with Gasteiger partial charge in [-0.05, 0) is 44.2 Å². The lowest BCUT2D eigenvalue weighted by atomic mass is 10.1. The zero-order chi connectivity index (χ0) is 13.7. The van der Waals surface area contributed by atoms with Crippen LogP contribution in [0.3, 0.4) is 0 Å². The maximum absolute atomic E-state index is 11.7. The highest BCUT2D eigenvalue weighted by atomic mass is 16.2. The first-order valence-corrected chi connectivity index (χ1v) is 6.96. The van der Waals surface area contributed by atoms with E-state index in [2.05, 4.69) is 22.8 Å². The van der Waals surface area contributed by atoms with Crippen LogP contribution in [-0.2, 0) is 0 Å². The highest BCUT2D eigenvalue weighted by Gasteiger charge is 2.11. The highest BCUT2D eigenvalue weighted by molar-refractivity contribution is 5.90. The second-order valence-electron chi connectivity index (χ2n) is 5.32. The monoisotopic (exact) mass is 258 g/mol. The van der Waals surface area contributed by atoms with Gasteiger partial charge in [-0.15, -0.1) is 0 Å². The van der Waals surface area contributed by atoms with Crippen molar-refractivity contribution in [3.05, 3.63) is 41.6 Å².